The van der Waals surface area contributed by atoms with Crippen molar-refractivity contribution in [1.82, 2.24) is 4.90 Å². The molecule has 17 heavy (non-hydrogen) atoms. The van der Waals surface area contributed by atoms with E-state index in [0.29, 0.717) is 11.3 Å². The van der Waals surface area contributed by atoms with E-state index < -0.39 is 0 Å². The van der Waals surface area contributed by atoms with Crippen molar-refractivity contribution in [2.75, 3.05) is 20.2 Å². The highest BCUT2D eigenvalue weighted by atomic mass is 16.5. The van der Waals surface area contributed by atoms with Crippen LogP contribution in [0.25, 0.3) is 0 Å². The molecule has 0 radical (unpaired) electrons. The number of rotatable bonds is 3. The van der Waals surface area contributed by atoms with E-state index in [4.69, 9.17) is 10.00 Å². The van der Waals surface area contributed by atoms with Crippen molar-refractivity contribution in [2.24, 2.45) is 0 Å². The predicted octanol–water partition coefficient (Wildman–Crippen LogP) is 1.13. The molecule has 0 unspecified atom stereocenters. The summed E-state index contributed by atoms with van der Waals surface area (Å²) in [6.07, 6.45) is 0.642. The average Bonchev–Trinajstić information content (AvgIpc) is 2.74. The Morgan fingerprint density at radius 1 is 1.59 bits per heavy atom. The molecule has 1 aliphatic rings. The Balaban J connectivity index is 2.09. The third-order valence-corrected chi connectivity index (χ3v) is 3.04. The van der Waals surface area contributed by atoms with Gasteiger partial charge < -0.3 is 9.84 Å². The number of nitriles is 1. The highest BCUT2D eigenvalue weighted by Gasteiger charge is 2.20. The summed E-state index contributed by atoms with van der Waals surface area (Å²) in [6, 6.07) is 7.70. The summed E-state index contributed by atoms with van der Waals surface area (Å²) in [4.78, 5) is 2.20. The lowest BCUT2D eigenvalue weighted by atomic mass is 10.1. The van der Waals surface area contributed by atoms with Crippen molar-refractivity contribution in [3.63, 3.8) is 0 Å². The smallest absolute Gasteiger partial charge is 0.136 e. The van der Waals surface area contributed by atoms with Crippen LogP contribution in [0.15, 0.2) is 18.2 Å². The summed E-state index contributed by atoms with van der Waals surface area (Å²) >= 11 is 0. The molecule has 1 heterocycles. The summed E-state index contributed by atoms with van der Waals surface area (Å²) in [7, 11) is 1.57. The van der Waals surface area contributed by atoms with Crippen molar-refractivity contribution in [3.8, 4) is 11.8 Å². The van der Waals surface area contributed by atoms with Gasteiger partial charge in [-0.3, -0.25) is 4.90 Å². The molecular formula is C13H16N2O2. The summed E-state index contributed by atoms with van der Waals surface area (Å²) in [5, 5.41) is 18.3. The van der Waals surface area contributed by atoms with E-state index in [-0.39, 0.29) is 6.10 Å². The molecule has 1 atom stereocenters. The van der Waals surface area contributed by atoms with E-state index >= 15 is 0 Å². The second kappa shape index (κ2) is 5.17. The standard InChI is InChI=1S/C13H16N2O2/c1-17-13-6-10(2-3-11(13)7-14)8-15-5-4-12(16)9-15/h2-3,6,12,16H,4-5,8-9H2,1H3/t12-/m1/s1. The Bertz CT molecular complexity index is 440. The highest BCUT2D eigenvalue weighted by molar-refractivity contribution is 5.45. The number of likely N-dealkylation sites (tertiary alicyclic amines) is 1. The Hall–Kier alpha value is -1.57. The zero-order valence-electron chi connectivity index (χ0n) is 9.89. The first kappa shape index (κ1) is 11.9. The second-order valence-corrected chi connectivity index (χ2v) is 4.32. The Kier molecular flexibility index (Phi) is 3.62. The first-order valence-corrected chi connectivity index (χ1v) is 5.70. The number of methoxy groups -OCH3 is 1. The first-order valence-electron chi connectivity index (χ1n) is 5.70. The molecule has 0 saturated carbocycles. The normalized spacial score (nSPS) is 20.2. The molecule has 1 saturated heterocycles. The maximum absolute atomic E-state index is 9.45. The molecule has 0 spiro atoms. The van der Waals surface area contributed by atoms with Crippen LogP contribution in [0.4, 0.5) is 0 Å². The number of aliphatic hydroxyl groups excluding tert-OH is 1. The molecule has 0 bridgehead atoms. The van der Waals surface area contributed by atoms with Gasteiger partial charge in [0.25, 0.3) is 0 Å². The molecule has 90 valence electrons. The third-order valence-electron chi connectivity index (χ3n) is 3.04. The largest absolute Gasteiger partial charge is 0.495 e. The minimum Gasteiger partial charge on any atom is -0.495 e. The van der Waals surface area contributed by atoms with E-state index in [2.05, 4.69) is 11.0 Å². The summed E-state index contributed by atoms with van der Waals surface area (Å²) < 4.78 is 5.17. The maximum atomic E-state index is 9.45. The lowest BCUT2D eigenvalue weighted by Crippen LogP contribution is -2.21. The number of aliphatic hydroxyl groups is 1. The number of hydrogen-bond donors (Lipinski definition) is 1. The summed E-state index contributed by atoms with van der Waals surface area (Å²) in [5.74, 6) is 0.616. The zero-order valence-corrected chi connectivity index (χ0v) is 9.89. The van der Waals surface area contributed by atoms with Gasteiger partial charge in [-0.1, -0.05) is 6.07 Å². The van der Waals surface area contributed by atoms with Gasteiger partial charge >= 0.3 is 0 Å². The fourth-order valence-corrected chi connectivity index (χ4v) is 2.14. The van der Waals surface area contributed by atoms with Crippen molar-refractivity contribution < 1.29 is 9.84 Å². The van der Waals surface area contributed by atoms with Gasteiger partial charge in [0.15, 0.2) is 0 Å². The molecule has 1 fully saturated rings. The van der Waals surface area contributed by atoms with E-state index in [1.807, 2.05) is 12.1 Å². The highest BCUT2D eigenvalue weighted by Crippen LogP contribution is 2.21. The SMILES string of the molecule is COc1cc(CN2CC[C@@H](O)C2)ccc1C#N. The van der Waals surface area contributed by atoms with Crippen LogP contribution in [0, 0.1) is 11.3 Å². The Morgan fingerprint density at radius 3 is 3.00 bits per heavy atom. The van der Waals surface area contributed by atoms with Gasteiger partial charge in [0.05, 0.1) is 18.8 Å². The molecule has 4 nitrogen and oxygen atoms in total. The average molecular weight is 232 g/mol. The van der Waals surface area contributed by atoms with Crippen LogP contribution in [0.3, 0.4) is 0 Å². The van der Waals surface area contributed by atoms with Crippen molar-refractivity contribution in [3.05, 3.63) is 29.3 Å². The maximum Gasteiger partial charge on any atom is 0.136 e. The van der Waals surface area contributed by atoms with Gasteiger partial charge in [-0.25, -0.2) is 0 Å². The van der Waals surface area contributed by atoms with Crippen molar-refractivity contribution in [1.29, 1.82) is 5.26 Å². The predicted molar refractivity (Wildman–Crippen MR) is 63.6 cm³/mol. The van der Waals surface area contributed by atoms with Crippen LogP contribution < -0.4 is 4.74 Å². The van der Waals surface area contributed by atoms with Crippen LogP contribution in [0.1, 0.15) is 17.5 Å². The molecule has 4 heteroatoms. The minimum absolute atomic E-state index is 0.199. The number of benzene rings is 1. The van der Waals surface area contributed by atoms with E-state index in [1.165, 1.54) is 0 Å². The molecule has 1 aromatic rings. The quantitative estimate of drug-likeness (QED) is 0.849. The van der Waals surface area contributed by atoms with Gasteiger partial charge in [-0.15, -0.1) is 0 Å². The molecule has 0 aliphatic carbocycles. The van der Waals surface area contributed by atoms with Crippen LogP contribution in [0.2, 0.25) is 0 Å². The molecular weight excluding hydrogens is 216 g/mol. The summed E-state index contributed by atoms with van der Waals surface area (Å²) in [6.45, 7) is 2.44. The van der Waals surface area contributed by atoms with Gasteiger partial charge in [0, 0.05) is 19.6 Å². The van der Waals surface area contributed by atoms with Gasteiger partial charge in [-0.2, -0.15) is 5.26 Å². The van der Waals surface area contributed by atoms with Crippen LogP contribution in [-0.2, 0) is 6.54 Å². The first-order chi connectivity index (χ1) is 8.22. The van der Waals surface area contributed by atoms with Gasteiger partial charge in [0.1, 0.15) is 11.8 Å². The van der Waals surface area contributed by atoms with Crippen LogP contribution in [-0.4, -0.2) is 36.3 Å². The Morgan fingerprint density at radius 2 is 2.41 bits per heavy atom. The lowest BCUT2D eigenvalue weighted by molar-refractivity contribution is 0.175. The number of nitrogens with zero attached hydrogens (tertiary/aromatic N) is 2. The lowest BCUT2D eigenvalue weighted by Gasteiger charge is -2.15. The molecule has 1 N–H and O–H groups in total. The molecule has 2 rings (SSSR count). The third kappa shape index (κ3) is 2.76. The van der Waals surface area contributed by atoms with Crippen LogP contribution in [0.5, 0.6) is 5.75 Å². The number of hydrogen-bond acceptors (Lipinski definition) is 4. The zero-order chi connectivity index (χ0) is 12.3. The van der Waals surface area contributed by atoms with E-state index in [1.54, 1.807) is 13.2 Å². The van der Waals surface area contributed by atoms with E-state index in [0.717, 1.165) is 31.6 Å². The van der Waals surface area contributed by atoms with Crippen LogP contribution >= 0.6 is 0 Å². The van der Waals surface area contributed by atoms with E-state index in [9.17, 15) is 5.11 Å². The monoisotopic (exact) mass is 232 g/mol. The number of ether oxygens (including phenoxy) is 1. The molecule has 1 aliphatic heterocycles. The fourth-order valence-electron chi connectivity index (χ4n) is 2.14. The molecule has 0 aromatic heterocycles. The second-order valence-electron chi connectivity index (χ2n) is 4.32. The molecule has 0 amide bonds. The fraction of sp³-hybridized carbons (Fsp3) is 0.462. The van der Waals surface area contributed by atoms with Crippen molar-refractivity contribution in [2.45, 2.75) is 19.1 Å². The van der Waals surface area contributed by atoms with Gasteiger partial charge in [0.2, 0.25) is 0 Å². The van der Waals surface area contributed by atoms with Crippen molar-refractivity contribution >= 4 is 0 Å². The topological polar surface area (TPSA) is 56.5 Å². The van der Waals surface area contributed by atoms with Gasteiger partial charge in [-0.05, 0) is 24.1 Å². The minimum atomic E-state index is -0.199. The summed E-state index contributed by atoms with van der Waals surface area (Å²) in [5.41, 5.74) is 1.66. The molecule has 1 aromatic carbocycles. The number of β-amino-alcohol motifs (C(OH)–C–C–N with tert-alkyl or cyclic N) is 1. The Labute approximate surface area is 101 Å².